The number of carboxylic acid groups (broad SMARTS) is 1. The van der Waals surface area contributed by atoms with Crippen molar-refractivity contribution in [3.63, 3.8) is 0 Å². The lowest BCUT2D eigenvalue weighted by Gasteiger charge is -1.98. The molecular formula is C4H6ClNO3. The highest BCUT2D eigenvalue weighted by atomic mass is 35.5. The Hall–Kier alpha value is -0.770. The van der Waals surface area contributed by atoms with Gasteiger partial charge in [-0.2, -0.15) is 0 Å². The van der Waals surface area contributed by atoms with E-state index in [1.807, 2.05) is 0 Å². The highest BCUT2D eigenvalue weighted by Crippen LogP contribution is 1.90. The molecule has 0 aliphatic heterocycles. The number of carbonyl (C=O) groups excluding carboxylic acids is 1. The van der Waals surface area contributed by atoms with E-state index in [9.17, 15) is 9.59 Å². The Morgan fingerprint density at radius 2 is 2.11 bits per heavy atom. The number of halogens is 1. The van der Waals surface area contributed by atoms with E-state index in [0.717, 1.165) is 0 Å². The lowest BCUT2D eigenvalue weighted by Crippen LogP contribution is -2.33. The number of imide groups is 1. The van der Waals surface area contributed by atoms with Gasteiger partial charge in [-0.1, -0.05) is 0 Å². The molecule has 0 aliphatic carbocycles. The van der Waals surface area contributed by atoms with Crippen molar-refractivity contribution < 1.29 is 14.7 Å². The van der Waals surface area contributed by atoms with Crippen LogP contribution in [0.25, 0.3) is 0 Å². The van der Waals surface area contributed by atoms with Crippen molar-refractivity contribution in [3.05, 3.63) is 0 Å². The first-order valence-corrected chi connectivity index (χ1v) is 2.65. The standard InChI is InChI=1S/C4H6ClNO3/c1-2(5)3(7)6-4(8)9/h2H,1H3,(H,6,7)(H,8,9). The fourth-order valence-corrected chi connectivity index (χ4v) is 0.259. The summed E-state index contributed by atoms with van der Waals surface area (Å²) in [7, 11) is 0. The Labute approximate surface area is 56.8 Å². The number of amides is 2. The van der Waals surface area contributed by atoms with Crippen molar-refractivity contribution in [1.82, 2.24) is 5.32 Å². The lowest BCUT2D eigenvalue weighted by molar-refractivity contribution is -0.119. The second-order valence-corrected chi connectivity index (χ2v) is 2.07. The molecule has 0 spiro atoms. The molecule has 0 bridgehead atoms. The summed E-state index contributed by atoms with van der Waals surface area (Å²) in [6, 6.07) is 0. The summed E-state index contributed by atoms with van der Waals surface area (Å²) in [6.07, 6.45) is -1.38. The number of carbonyl (C=O) groups is 2. The van der Waals surface area contributed by atoms with Gasteiger partial charge in [-0.15, -0.1) is 11.6 Å². The molecule has 0 saturated carbocycles. The van der Waals surface area contributed by atoms with Gasteiger partial charge in [0.1, 0.15) is 5.38 Å². The summed E-state index contributed by atoms with van der Waals surface area (Å²) in [5, 5.41) is 8.73. The monoisotopic (exact) mass is 151 g/mol. The Balaban J connectivity index is 3.64. The van der Waals surface area contributed by atoms with E-state index < -0.39 is 17.4 Å². The van der Waals surface area contributed by atoms with Crippen LogP contribution in [0.1, 0.15) is 6.92 Å². The highest BCUT2D eigenvalue weighted by Gasteiger charge is 2.10. The van der Waals surface area contributed by atoms with E-state index in [2.05, 4.69) is 0 Å². The Bertz CT molecular complexity index is 134. The molecule has 4 nitrogen and oxygen atoms in total. The maximum absolute atomic E-state index is 10.3. The average molecular weight is 152 g/mol. The van der Waals surface area contributed by atoms with E-state index in [1.54, 1.807) is 5.32 Å². The second-order valence-electron chi connectivity index (χ2n) is 1.41. The zero-order chi connectivity index (χ0) is 7.44. The molecule has 9 heavy (non-hydrogen) atoms. The smallest absolute Gasteiger partial charge is 0.411 e. The van der Waals surface area contributed by atoms with Crippen LogP contribution in [-0.2, 0) is 4.79 Å². The summed E-state index contributed by atoms with van der Waals surface area (Å²) in [5.74, 6) is -0.704. The summed E-state index contributed by atoms with van der Waals surface area (Å²) < 4.78 is 0. The molecule has 0 aromatic rings. The van der Waals surface area contributed by atoms with Gasteiger partial charge in [0.05, 0.1) is 0 Å². The summed E-state index contributed by atoms with van der Waals surface area (Å²) in [6.45, 7) is 1.39. The molecule has 0 heterocycles. The molecule has 2 amide bonds. The van der Waals surface area contributed by atoms with Gasteiger partial charge >= 0.3 is 6.09 Å². The quantitative estimate of drug-likeness (QED) is 0.534. The van der Waals surface area contributed by atoms with Gasteiger partial charge in [0.15, 0.2) is 0 Å². The fraction of sp³-hybridized carbons (Fsp3) is 0.500. The van der Waals surface area contributed by atoms with Gasteiger partial charge in [-0.05, 0) is 6.92 Å². The zero-order valence-corrected chi connectivity index (χ0v) is 5.47. The van der Waals surface area contributed by atoms with Crippen LogP contribution >= 0.6 is 11.6 Å². The molecule has 0 fully saturated rings. The Morgan fingerprint density at radius 1 is 1.67 bits per heavy atom. The normalized spacial score (nSPS) is 12.2. The first-order chi connectivity index (χ1) is 4.04. The van der Waals surface area contributed by atoms with E-state index >= 15 is 0 Å². The van der Waals surface area contributed by atoms with Crippen LogP contribution in [0.15, 0.2) is 0 Å². The molecular weight excluding hydrogens is 146 g/mol. The van der Waals surface area contributed by atoms with Crippen LogP contribution in [-0.4, -0.2) is 22.5 Å². The Morgan fingerprint density at radius 3 is 2.22 bits per heavy atom. The van der Waals surface area contributed by atoms with Crippen LogP contribution in [0.4, 0.5) is 4.79 Å². The third-order valence-electron chi connectivity index (χ3n) is 0.591. The molecule has 5 heteroatoms. The molecule has 0 aromatic carbocycles. The van der Waals surface area contributed by atoms with E-state index in [-0.39, 0.29) is 0 Å². The molecule has 1 atom stereocenters. The summed E-state index contributed by atoms with van der Waals surface area (Å²) in [4.78, 5) is 20.1. The SMILES string of the molecule is CC(Cl)C(=O)NC(=O)O. The fourth-order valence-electron chi connectivity index (χ4n) is 0.205. The van der Waals surface area contributed by atoms with Crippen LogP contribution in [0.3, 0.4) is 0 Å². The predicted octanol–water partition coefficient (Wildman–Crippen LogP) is 0.408. The topological polar surface area (TPSA) is 66.4 Å². The summed E-state index contributed by atoms with van der Waals surface area (Å²) in [5.41, 5.74) is 0. The molecule has 0 radical (unpaired) electrons. The molecule has 52 valence electrons. The minimum absolute atomic E-state index is 0.704. The number of nitrogens with one attached hydrogen (secondary N) is 1. The third-order valence-corrected chi connectivity index (χ3v) is 0.790. The van der Waals surface area contributed by atoms with Crippen molar-refractivity contribution in [2.24, 2.45) is 0 Å². The minimum Gasteiger partial charge on any atom is -0.465 e. The number of hydrogen-bond donors (Lipinski definition) is 2. The largest absolute Gasteiger partial charge is 0.465 e. The molecule has 0 aromatic heterocycles. The van der Waals surface area contributed by atoms with E-state index in [1.165, 1.54) is 6.92 Å². The van der Waals surface area contributed by atoms with Gasteiger partial charge in [0.25, 0.3) is 0 Å². The molecule has 0 aliphatic rings. The molecule has 0 saturated heterocycles. The average Bonchev–Trinajstić information content (AvgIpc) is 1.63. The van der Waals surface area contributed by atoms with Crippen molar-refractivity contribution in [2.45, 2.75) is 12.3 Å². The van der Waals surface area contributed by atoms with Crippen molar-refractivity contribution in [1.29, 1.82) is 0 Å². The predicted molar refractivity (Wildman–Crippen MR) is 31.5 cm³/mol. The number of alkyl halides is 1. The first kappa shape index (κ1) is 8.23. The van der Waals surface area contributed by atoms with Gasteiger partial charge < -0.3 is 5.11 Å². The molecule has 0 rings (SSSR count). The van der Waals surface area contributed by atoms with Gasteiger partial charge in [0, 0.05) is 0 Å². The van der Waals surface area contributed by atoms with E-state index in [4.69, 9.17) is 16.7 Å². The van der Waals surface area contributed by atoms with Gasteiger partial charge in [0.2, 0.25) is 5.91 Å². The number of hydrogen-bond acceptors (Lipinski definition) is 2. The van der Waals surface area contributed by atoms with Crippen molar-refractivity contribution >= 4 is 23.6 Å². The third kappa shape index (κ3) is 3.78. The second kappa shape index (κ2) is 3.29. The van der Waals surface area contributed by atoms with Crippen LogP contribution in [0, 0.1) is 0 Å². The van der Waals surface area contributed by atoms with Crippen LogP contribution in [0.2, 0.25) is 0 Å². The Kier molecular flexibility index (Phi) is 3.01. The maximum atomic E-state index is 10.3. The first-order valence-electron chi connectivity index (χ1n) is 2.22. The minimum atomic E-state index is -1.38. The molecule has 2 N–H and O–H groups in total. The zero-order valence-electron chi connectivity index (χ0n) is 4.72. The van der Waals surface area contributed by atoms with Gasteiger partial charge in [-0.25, -0.2) is 4.79 Å². The molecule has 1 unspecified atom stereocenters. The van der Waals surface area contributed by atoms with Gasteiger partial charge in [-0.3, -0.25) is 10.1 Å². The van der Waals surface area contributed by atoms with Crippen molar-refractivity contribution in [2.75, 3.05) is 0 Å². The maximum Gasteiger partial charge on any atom is 0.411 e. The van der Waals surface area contributed by atoms with Crippen LogP contribution < -0.4 is 5.32 Å². The lowest BCUT2D eigenvalue weighted by atomic mass is 10.4. The van der Waals surface area contributed by atoms with Crippen LogP contribution in [0.5, 0.6) is 0 Å². The summed E-state index contributed by atoms with van der Waals surface area (Å²) >= 11 is 5.20. The van der Waals surface area contributed by atoms with Crippen molar-refractivity contribution in [3.8, 4) is 0 Å². The highest BCUT2D eigenvalue weighted by molar-refractivity contribution is 6.31. The number of rotatable bonds is 1. The van der Waals surface area contributed by atoms with E-state index in [0.29, 0.717) is 0 Å².